The monoisotopic (exact) mass is 754 g/mol. The molecule has 4 heteroatoms. The van der Waals surface area contributed by atoms with Crippen LogP contribution in [0.4, 0.5) is 0 Å². The molecule has 0 N–H and O–H groups in total. The summed E-state index contributed by atoms with van der Waals surface area (Å²) in [6.07, 6.45) is 1.10. The van der Waals surface area contributed by atoms with E-state index in [2.05, 4.69) is 154 Å². The molecule has 0 fully saturated rings. The summed E-state index contributed by atoms with van der Waals surface area (Å²) in [6.45, 7) is 21.9. The molecular formula is C43H50Cl2SiZr. The standard InChI is InChI=1S/C20H21.C19H19.C4H10Si.2ClH.Zr/c1-5-16-11-19-15(4)6-7-18(20(19)12-16)17-9-13(2)8-14(3)10-17;1-12-7-13(2)9-16(8-12)17-6-5-15(4)18-10-14(3)11-19(17)18;1-3-5-4-2;;;/h6-12H,5H2,1-4H3;5-11H,1-4H3;3-4H2,1-2H3;2*1H;/q2*-1;;;;+4/p-2. The molecule has 2 radical (unpaired) electrons. The Morgan fingerprint density at radius 3 is 1.34 bits per heavy atom. The molecule has 6 rings (SSSR count). The molecule has 0 aromatic heterocycles. The summed E-state index contributed by atoms with van der Waals surface area (Å²) >= 11 is -0.826. The van der Waals surface area contributed by atoms with E-state index in [9.17, 15) is 0 Å². The SMILES string of the molecule is CC[Si]CC.CCc1cc2c(-c3cc(C)cc(C)c3)ccc(C)c2[cH-]1.Cc1cc(C)cc(-c2ccc(C)c3[cH-]c(C)cc23)c1.[Cl][Zr+2][Cl]. The molecule has 6 aromatic rings. The molecule has 0 saturated carbocycles. The first-order valence-corrected chi connectivity index (χ1v) is 24.4. The van der Waals surface area contributed by atoms with Gasteiger partial charge in [-0.2, -0.15) is 12.1 Å². The van der Waals surface area contributed by atoms with E-state index in [0.717, 1.165) is 6.42 Å². The van der Waals surface area contributed by atoms with E-state index in [1.807, 2.05) is 0 Å². The number of benzene rings is 4. The van der Waals surface area contributed by atoms with Crippen LogP contribution in [0.25, 0.3) is 43.8 Å². The molecule has 0 saturated heterocycles. The average Bonchev–Trinajstić information content (AvgIpc) is 3.63. The van der Waals surface area contributed by atoms with Crippen LogP contribution < -0.4 is 0 Å². The first kappa shape index (κ1) is 39.2. The van der Waals surface area contributed by atoms with Gasteiger partial charge >= 0.3 is 37.9 Å². The van der Waals surface area contributed by atoms with Gasteiger partial charge in [-0.05, 0) is 45.2 Å². The van der Waals surface area contributed by atoms with Crippen molar-refractivity contribution >= 4 is 48.1 Å². The molecule has 0 heterocycles. The van der Waals surface area contributed by atoms with Crippen LogP contribution in [0.1, 0.15) is 65.3 Å². The van der Waals surface area contributed by atoms with Crippen molar-refractivity contribution in [2.24, 2.45) is 0 Å². The van der Waals surface area contributed by atoms with E-state index >= 15 is 0 Å². The van der Waals surface area contributed by atoms with Gasteiger partial charge in [0.1, 0.15) is 0 Å². The molecule has 244 valence electrons. The number of aryl methyl sites for hydroxylation is 8. The van der Waals surface area contributed by atoms with Crippen molar-refractivity contribution in [1.29, 1.82) is 0 Å². The van der Waals surface area contributed by atoms with E-state index in [1.165, 1.54) is 110 Å². The molecule has 0 aliphatic rings. The van der Waals surface area contributed by atoms with Crippen LogP contribution in [0.3, 0.4) is 0 Å². The van der Waals surface area contributed by atoms with Gasteiger partial charge < -0.3 is 0 Å². The Morgan fingerprint density at radius 1 is 0.553 bits per heavy atom. The first-order valence-electron chi connectivity index (χ1n) is 16.7. The predicted octanol–water partition coefficient (Wildman–Crippen LogP) is 14.1. The number of fused-ring (bicyclic) bond motifs is 2. The Balaban J connectivity index is 0.000000209. The van der Waals surface area contributed by atoms with E-state index in [-0.39, 0.29) is 0 Å². The molecule has 0 atom stereocenters. The zero-order chi connectivity index (χ0) is 34.7. The molecule has 0 unspecified atom stereocenters. The summed E-state index contributed by atoms with van der Waals surface area (Å²) in [5.41, 5.74) is 16.2. The van der Waals surface area contributed by atoms with Gasteiger partial charge in [-0.15, -0.1) is 68.1 Å². The Hall–Kier alpha value is -2.22. The van der Waals surface area contributed by atoms with Gasteiger partial charge in [-0.25, -0.2) is 0 Å². The van der Waals surface area contributed by atoms with Crippen LogP contribution >= 0.6 is 17.0 Å². The van der Waals surface area contributed by atoms with Crippen LogP contribution in [-0.2, 0) is 27.3 Å². The van der Waals surface area contributed by atoms with Gasteiger partial charge in [0.15, 0.2) is 0 Å². The van der Waals surface area contributed by atoms with Crippen LogP contribution in [-0.4, -0.2) is 9.52 Å². The summed E-state index contributed by atoms with van der Waals surface area (Å²) in [6, 6.07) is 34.6. The molecule has 47 heavy (non-hydrogen) atoms. The van der Waals surface area contributed by atoms with Gasteiger partial charge in [0, 0.05) is 9.52 Å². The maximum atomic E-state index is 4.93. The minimum absolute atomic E-state index is 0.826. The van der Waals surface area contributed by atoms with Crippen molar-refractivity contribution in [3.05, 3.63) is 129 Å². The van der Waals surface area contributed by atoms with Crippen molar-refractivity contribution in [3.8, 4) is 22.3 Å². The third-order valence-electron chi connectivity index (χ3n) is 8.39. The van der Waals surface area contributed by atoms with Crippen LogP contribution in [0, 0.1) is 48.5 Å². The summed E-state index contributed by atoms with van der Waals surface area (Å²) < 4.78 is 0. The normalized spacial score (nSPS) is 10.4. The van der Waals surface area contributed by atoms with Crippen molar-refractivity contribution < 1.29 is 20.8 Å². The van der Waals surface area contributed by atoms with E-state index in [4.69, 9.17) is 17.0 Å². The third-order valence-corrected chi connectivity index (χ3v) is 9.39. The Bertz CT molecular complexity index is 1850. The number of hydrogen-bond donors (Lipinski definition) is 0. The van der Waals surface area contributed by atoms with Crippen molar-refractivity contribution in [3.63, 3.8) is 0 Å². The van der Waals surface area contributed by atoms with Crippen LogP contribution in [0.5, 0.6) is 0 Å². The summed E-state index contributed by atoms with van der Waals surface area (Å²) in [4.78, 5) is 0. The second-order valence-corrected chi connectivity index (χ2v) is 18.2. The van der Waals surface area contributed by atoms with Crippen LogP contribution in [0.2, 0.25) is 12.1 Å². The molecular weight excluding hydrogens is 707 g/mol. The molecule has 0 bridgehead atoms. The average molecular weight is 757 g/mol. The topological polar surface area (TPSA) is 0 Å². The Labute approximate surface area is 306 Å². The summed E-state index contributed by atoms with van der Waals surface area (Å²) in [5.74, 6) is 0. The molecule has 0 aliphatic carbocycles. The molecule has 0 spiro atoms. The van der Waals surface area contributed by atoms with E-state index in [0.29, 0.717) is 0 Å². The Morgan fingerprint density at radius 2 is 0.957 bits per heavy atom. The van der Waals surface area contributed by atoms with Gasteiger partial charge in [-0.3, -0.25) is 0 Å². The number of hydrogen-bond acceptors (Lipinski definition) is 0. The van der Waals surface area contributed by atoms with Gasteiger partial charge in [-0.1, -0.05) is 136 Å². The molecule has 0 amide bonds. The quantitative estimate of drug-likeness (QED) is 0.121. The summed E-state index contributed by atoms with van der Waals surface area (Å²) in [7, 11) is 11.1. The predicted molar refractivity (Wildman–Crippen MR) is 211 cm³/mol. The maximum absolute atomic E-state index is 4.93. The Kier molecular flexibility index (Phi) is 15.9. The molecule has 0 aliphatic heterocycles. The second-order valence-electron chi connectivity index (χ2n) is 12.5. The molecule has 6 aromatic carbocycles. The van der Waals surface area contributed by atoms with E-state index < -0.39 is 20.8 Å². The van der Waals surface area contributed by atoms with Gasteiger partial charge in [0.25, 0.3) is 0 Å². The first-order chi connectivity index (χ1) is 22.4. The van der Waals surface area contributed by atoms with Crippen molar-refractivity contribution in [2.75, 3.05) is 0 Å². The second kappa shape index (κ2) is 19.1. The fourth-order valence-electron chi connectivity index (χ4n) is 6.31. The molecule has 0 nitrogen and oxygen atoms in total. The summed E-state index contributed by atoms with van der Waals surface area (Å²) in [5, 5.41) is 5.56. The zero-order valence-electron chi connectivity index (χ0n) is 30.0. The zero-order valence-corrected chi connectivity index (χ0v) is 34.9. The fraction of sp³-hybridized carbons (Fsp3) is 0.302. The number of halogens is 2. The third kappa shape index (κ3) is 10.9. The van der Waals surface area contributed by atoms with Crippen molar-refractivity contribution in [2.45, 2.75) is 87.7 Å². The van der Waals surface area contributed by atoms with E-state index in [1.54, 1.807) is 0 Å². The van der Waals surface area contributed by atoms with Crippen molar-refractivity contribution in [1.82, 2.24) is 0 Å². The minimum atomic E-state index is -0.826. The van der Waals surface area contributed by atoms with Crippen LogP contribution in [0.15, 0.2) is 84.9 Å². The van der Waals surface area contributed by atoms with Gasteiger partial charge in [0.05, 0.1) is 0 Å². The van der Waals surface area contributed by atoms with Gasteiger partial charge in [0.2, 0.25) is 0 Å². The fourth-order valence-corrected chi connectivity index (χ4v) is 6.81. The number of rotatable bonds is 5.